The van der Waals surface area contributed by atoms with Crippen LogP contribution in [0.25, 0.3) is 0 Å². The van der Waals surface area contributed by atoms with Crippen LogP contribution >= 0.6 is 0 Å². The zero-order valence-electron chi connectivity index (χ0n) is 14.0. The van der Waals surface area contributed by atoms with Crippen molar-refractivity contribution in [2.24, 2.45) is 5.92 Å². The lowest BCUT2D eigenvalue weighted by molar-refractivity contribution is -0.137. The molecule has 0 N–H and O–H groups in total. The molecule has 3 atom stereocenters. The Balaban J connectivity index is 1.70. The molecule has 0 radical (unpaired) electrons. The van der Waals surface area contributed by atoms with Crippen molar-refractivity contribution < 1.29 is 14.3 Å². The maximum Gasteiger partial charge on any atom is 0.225 e. The summed E-state index contributed by atoms with van der Waals surface area (Å²) in [6, 6.07) is 6.07. The summed E-state index contributed by atoms with van der Waals surface area (Å²) in [5.74, 6) is 1.03. The van der Waals surface area contributed by atoms with Gasteiger partial charge in [-0.2, -0.15) is 0 Å². The van der Waals surface area contributed by atoms with Crippen LogP contribution in [-0.2, 0) is 4.79 Å². The Morgan fingerprint density at radius 1 is 1.35 bits per heavy atom. The minimum absolute atomic E-state index is 0.0116. The fraction of sp³-hybridized carbons (Fsp3) is 0.579. The van der Waals surface area contributed by atoms with Crippen molar-refractivity contribution in [1.29, 1.82) is 0 Å². The van der Waals surface area contributed by atoms with E-state index in [9.17, 15) is 9.59 Å². The monoisotopic (exact) mass is 313 g/mol. The van der Waals surface area contributed by atoms with E-state index in [2.05, 4.69) is 0 Å². The Morgan fingerprint density at radius 3 is 2.87 bits per heavy atom. The third-order valence-corrected chi connectivity index (χ3v) is 5.65. The van der Waals surface area contributed by atoms with Gasteiger partial charge in [0.25, 0.3) is 0 Å². The second-order valence-corrected chi connectivity index (χ2v) is 7.62. The topological polar surface area (TPSA) is 46.6 Å². The van der Waals surface area contributed by atoms with Crippen LogP contribution in [0.5, 0.6) is 5.75 Å². The van der Waals surface area contributed by atoms with Gasteiger partial charge in [-0.15, -0.1) is 0 Å². The Bertz CT molecular complexity index is 696. The number of ether oxygens (including phenoxy) is 1. The number of nitrogens with zero attached hydrogens (tertiary/aromatic N) is 1. The summed E-state index contributed by atoms with van der Waals surface area (Å²) in [7, 11) is 0. The molecule has 2 fully saturated rings. The van der Waals surface area contributed by atoms with Crippen LogP contribution in [0, 0.1) is 12.8 Å². The molecule has 1 spiro atoms. The molecule has 2 bridgehead atoms. The van der Waals surface area contributed by atoms with Gasteiger partial charge in [0.05, 0.1) is 18.0 Å². The average Bonchev–Trinajstić information content (AvgIpc) is 3.02. The molecule has 1 amide bonds. The molecule has 3 aliphatic rings. The summed E-state index contributed by atoms with van der Waals surface area (Å²) in [4.78, 5) is 27.3. The van der Waals surface area contributed by atoms with Gasteiger partial charge in [0.1, 0.15) is 11.4 Å². The van der Waals surface area contributed by atoms with Crippen molar-refractivity contribution in [3.05, 3.63) is 29.3 Å². The largest absolute Gasteiger partial charge is 0.484 e. The number of Topliss-reactive ketones (excluding diaryl/α,β-unsaturated/α-hetero) is 1. The van der Waals surface area contributed by atoms with E-state index in [4.69, 9.17) is 4.74 Å². The minimum atomic E-state index is -0.507. The van der Waals surface area contributed by atoms with Gasteiger partial charge in [-0.3, -0.25) is 9.59 Å². The predicted octanol–water partition coefficient (Wildman–Crippen LogP) is 3.12. The number of ketones is 1. The van der Waals surface area contributed by atoms with Crippen molar-refractivity contribution in [2.75, 3.05) is 0 Å². The van der Waals surface area contributed by atoms with Crippen LogP contribution in [0.15, 0.2) is 18.2 Å². The normalized spacial score (nSPS) is 31.7. The minimum Gasteiger partial charge on any atom is -0.484 e. The molecule has 0 aliphatic carbocycles. The van der Waals surface area contributed by atoms with E-state index in [0.717, 1.165) is 24.8 Å². The Labute approximate surface area is 136 Å². The lowest BCUT2D eigenvalue weighted by atomic mass is 9.78. The summed E-state index contributed by atoms with van der Waals surface area (Å²) in [6.45, 7) is 5.87. The number of hydrogen-bond donors (Lipinski definition) is 0. The number of fused-ring (bicyclic) bond motifs is 4. The quantitative estimate of drug-likeness (QED) is 0.800. The van der Waals surface area contributed by atoms with Gasteiger partial charge in [-0.05, 0) is 31.9 Å². The number of carbonyl (C=O) groups is 2. The standard InChI is InChI=1S/C19H23NO3/c1-11(2)18(22)20-13-5-7-17(20)19(9-13)10-15(21)14-8-12(3)4-6-16(14)23-19/h4,6,8,11,13,17H,5,7,9-10H2,1-3H3. The van der Waals surface area contributed by atoms with Gasteiger partial charge >= 0.3 is 0 Å². The van der Waals surface area contributed by atoms with E-state index in [1.807, 2.05) is 43.9 Å². The highest BCUT2D eigenvalue weighted by atomic mass is 16.5. The van der Waals surface area contributed by atoms with Gasteiger partial charge < -0.3 is 9.64 Å². The van der Waals surface area contributed by atoms with Gasteiger partial charge in [-0.25, -0.2) is 0 Å². The fourth-order valence-electron chi connectivity index (χ4n) is 4.64. The molecule has 3 aliphatic heterocycles. The second-order valence-electron chi connectivity index (χ2n) is 7.62. The maximum atomic E-state index is 12.7. The smallest absolute Gasteiger partial charge is 0.225 e. The lowest BCUT2D eigenvalue weighted by Gasteiger charge is -2.40. The molecule has 4 nitrogen and oxygen atoms in total. The van der Waals surface area contributed by atoms with E-state index < -0.39 is 5.60 Å². The van der Waals surface area contributed by atoms with Crippen molar-refractivity contribution in [3.8, 4) is 5.75 Å². The molecule has 1 aromatic rings. The van der Waals surface area contributed by atoms with Crippen LogP contribution in [0.4, 0.5) is 0 Å². The number of rotatable bonds is 1. The summed E-state index contributed by atoms with van der Waals surface area (Å²) in [6.07, 6.45) is 3.16. The van der Waals surface area contributed by atoms with Crippen LogP contribution in [0.3, 0.4) is 0 Å². The van der Waals surface area contributed by atoms with E-state index in [1.165, 1.54) is 0 Å². The molecule has 0 saturated carbocycles. The van der Waals surface area contributed by atoms with Crippen molar-refractivity contribution in [3.63, 3.8) is 0 Å². The summed E-state index contributed by atoms with van der Waals surface area (Å²) >= 11 is 0. The van der Waals surface area contributed by atoms with E-state index >= 15 is 0 Å². The van der Waals surface area contributed by atoms with Crippen LogP contribution < -0.4 is 4.74 Å². The third kappa shape index (κ3) is 2.03. The summed E-state index contributed by atoms with van der Waals surface area (Å²) in [5.41, 5.74) is 1.26. The molecule has 1 aromatic carbocycles. The zero-order valence-corrected chi connectivity index (χ0v) is 14.0. The first-order valence-corrected chi connectivity index (χ1v) is 8.56. The predicted molar refractivity (Wildman–Crippen MR) is 86.6 cm³/mol. The first kappa shape index (κ1) is 14.7. The Hall–Kier alpha value is -1.84. The van der Waals surface area contributed by atoms with Gasteiger partial charge in [0, 0.05) is 18.4 Å². The molecule has 4 rings (SSSR count). The number of amides is 1. The lowest BCUT2D eigenvalue weighted by Crippen LogP contribution is -2.52. The van der Waals surface area contributed by atoms with E-state index in [1.54, 1.807) is 0 Å². The molecule has 23 heavy (non-hydrogen) atoms. The first-order valence-electron chi connectivity index (χ1n) is 8.56. The zero-order chi connectivity index (χ0) is 16.4. The van der Waals surface area contributed by atoms with Crippen molar-refractivity contribution in [1.82, 2.24) is 4.90 Å². The SMILES string of the molecule is Cc1ccc2c(c1)C(=O)CC1(CC3CCC1N3C(=O)C(C)C)O2. The van der Waals surface area contributed by atoms with E-state index in [-0.39, 0.29) is 29.7 Å². The van der Waals surface area contributed by atoms with E-state index in [0.29, 0.717) is 17.7 Å². The number of aryl methyl sites for hydroxylation is 1. The Morgan fingerprint density at radius 2 is 2.13 bits per heavy atom. The van der Waals surface area contributed by atoms with Crippen LogP contribution in [0.1, 0.15) is 55.5 Å². The average molecular weight is 313 g/mol. The molecular weight excluding hydrogens is 290 g/mol. The third-order valence-electron chi connectivity index (χ3n) is 5.65. The highest BCUT2D eigenvalue weighted by Gasteiger charge is 2.61. The van der Waals surface area contributed by atoms with Gasteiger partial charge in [-0.1, -0.05) is 25.5 Å². The summed E-state index contributed by atoms with van der Waals surface area (Å²) in [5, 5.41) is 0. The maximum absolute atomic E-state index is 12.7. The fourth-order valence-corrected chi connectivity index (χ4v) is 4.64. The second kappa shape index (κ2) is 4.83. The molecule has 4 heteroatoms. The van der Waals surface area contributed by atoms with Crippen molar-refractivity contribution >= 4 is 11.7 Å². The van der Waals surface area contributed by atoms with Crippen LogP contribution in [0.2, 0.25) is 0 Å². The highest BCUT2D eigenvalue weighted by molar-refractivity contribution is 6.00. The van der Waals surface area contributed by atoms with Crippen molar-refractivity contribution in [2.45, 2.75) is 64.1 Å². The number of hydrogen-bond acceptors (Lipinski definition) is 3. The van der Waals surface area contributed by atoms with Gasteiger partial charge in [0.2, 0.25) is 5.91 Å². The molecule has 122 valence electrons. The number of benzene rings is 1. The summed E-state index contributed by atoms with van der Waals surface area (Å²) < 4.78 is 6.39. The molecular formula is C19H23NO3. The van der Waals surface area contributed by atoms with Crippen LogP contribution in [-0.4, -0.2) is 34.3 Å². The Kier molecular flexibility index (Phi) is 3.09. The molecule has 3 heterocycles. The first-order chi connectivity index (χ1) is 10.9. The molecule has 3 unspecified atom stereocenters. The van der Waals surface area contributed by atoms with Gasteiger partial charge in [0.15, 0.2) is 5.78 Å². The molecule has 2 saturated heterocycles. The molecule has 0 aromatic heterocycles. The highest BCUT2D eigenvalue weighted by Crippen LogP contribution is 2.51. The number of carbonyl (C=O) groups excluding carboxylic acids is 2.